The Kier molecular flexibility index (Phi) is 2.72. The van der Waals surface area contributed by atoms with Crippen LogP contribution < -0.4 is 4.74 Å². The van der Waals surface area contributed by atoms with Crippen molar-refractivity contribution in [2.24, 2.45) is 0 Å². The summed E-state index contributed by atoms with van der Waals surface area (Å²) >= 11 is 0. The van der Waals surface area contributed by atoms with Crippen LogP contribution in [0, 0.1) is 0 Å². The first kappa shape index (κ1) is 9.77. The third-order valence-corrected chi connectivity index (χ3v) is 2.26. The minimum atomic E-state index is 0.549. The molecule has 1 aromatic heterocycles. The summed E-state index contributed by atoms with van der Waals surface area (Å²) < 4.78 is 5.56. The van der Waals surface area contributed by atoms with Crippen molar-refractivity contribution >= 4 is 0 Å². The van der Waals surface area contributed by atoms with E-state index in [4.69, 9.17) is 4.74 Å². The molecule has 2 rings (SSSR count). The Morgan fingerprint density at radius 2 is 1.87 bits per heavy atom. The van der Waals surface area contributed by atoms with Gasteiger partial charge in [-0.1, -0.05) is 26.0 Å². The topological polar surface area (TPSA) is 37.9 Å². The molecule has 0 bridgehead atoms. The number of hydrogen-bond acceptors (Lipinski definition) is 2. The highest BCUT2D eigenvalue weighted by molar-refractivity contribution is 5.32. The van der Waals surface area contributed by atoms with E-state index < -0.39 is 0 Å². The molecule has 1 N–H and O–H groups in total. The first-order chi connectivity index (χ1) is 7.25. The first-order valence-electron chi connectivity index (χ1n) is 5.02. The zero-order valence-electron chi connectivity index (χ0n) is 8.90. The summed E-state index contributed by atoms with van der Waals surface area (Å²) in [6.07, 6.45) is 3.37. The second-order valence-electron chi connectivity index (χ2n) is 3.76. The Morgan fingerprint density at radius 1 is 1.13 bits per heavy atom. The van der Waals surface area contributed by atoms with Gasteiger partial charge in [0.2, 0.25) is 0 Å². The monoisotopic (exact) mass is 202 g/mol. The molecule has 0 amide bonds. The summed E-state index contributed by atoms with van der Waals surface area (Å²) in [6, 6.07) is 8.12. The number of aromatic amines is 1. The molecule has 0 fully saturated rings. The van der Waals surface area contributed by atoms with Gasteiger partial charge in [-0.15, -0.1) is 0 Å². The van der Waals surface area contributed by atoms with Crippen molar-refractivity contribution < 1.29 is 4.74 Å². The van der Waals surface area contributed by atoms with Crippen molar-refractivity contribution in [2.45, 2.75) is 19.8 Å². The maximum absolute atomic E-state index is 5.56. The van der Waals surface area contributed by atoms with Gasteiger partial charge in [0.25, 0.3) is 0 Å². The summed E-state index contributed by atoms with van der Waals surface area (Å²) in [7, 11) is 0. The van der Waals surface area contributed by atoms with E-state index in [-0.39, 0.29) is 0 Å². The van der Waals surface area contributed by atoms with Gasteiger partial charge in [0.15, 0.2) is 5.75 Å². The van der Waals surface area contributed by atoms with Crippen LogP contribution in [0.25, 0.3) is 0 Å². The molecule has 0 aliphatic carbocycles. The standard InChI is InChI=1S/C12H14N2O/c1-9(2)10-3-5-11(6-4-10)15-12-7-13-14-8-12/h3-9H,1-2H3,(H,13,14). The molecule has 0 aliphatic rings. The van der Waals surface area contributed by atoms with E-state index in [9.17, 15) is 0 Å². The second-order valence-corrected chi connectivity index (χ2v) is 3.76. The van der Waals surface area contributed by atoms with E-state index in [1.165, 1.54) is 5.56 Å². The zero-order valence-corrected chi connectivity index (χ0v) is 8.90. The summed E-state index contributed by atoms with van der Waals surface area (Å²) in [5.74, 6) is 2.11. The fourth-order valence-electron chi connectivity index (χ4n) is 1.35. The summed E-state index contributed by atoms with van der Waals surface area (Å²) in [6.45, 7) is 4.35. The Balaban J connectivity index is 2.11. The number of nitrogens with zero attached hydrogens (tertiary/aromatic N) is 1. The normalized spacial score (nSPS) is 10.6. The number of benzene rings is 1. The van der Waals surface area contributed by atoms with Crippen LogP contribution in [0.1, 0.15) is 25.3 Å². The van der Waals surface area contributed by atoms with Crippen LogP contribution in [0.4, 0.5) is 0 Å². The second kappa shape index (κ2) is 4.17. The molecule has 1 aromatic carbocycles. The van der Waals surface area contributed by atoms with Gasteiger partial charge in [0.1, 0.15) is 5.75 Å². The number of H-pyrrole nitrogens is 1. The van der Waals surface area contributed by atoms with E-state index in [0.717, 1.165) is 11.5 Å². The van der Waals surface area contributed by atoms with Crippen LogP contribution in [0.2, 0.25) is 0 Å². The Bertz CT molecular complexity index is 404. The van der Waals surface area contributed by atoms with E-state index in [1.807, 2.05) is 12.1 Å². The molecule has 0 unspecified atom stereocenters. The fraction of sp³-hybridized carbons (Fsp3) is 0.250. The van der Waals surface area contributed by atoms with Gasteiger partial charge in [-0.25, -0.2) is 0 Å². The lowest BCUT2D eigenvalue weighted by molar-refractivity contribution is 0.482. The zero-order chi connectivity index (χ0) is 10.7. The molecule has 1 heterocycles. The smallest absolute Gasteiger partial charge is 0.165 e. The average Bonchev–Trinajstić information content (AvgIpc) is 2.71. The van der Waals surface area contributed by atoms with Crippen molar-refractivity contribution in [2.75, 3.05) is 0 Å². The van der Waals surface area contributed by atoms with E-state index >= 15 is 0 Å². The lowest BCUT2D eigenvalue weighted by Crippen LogP contribution is -1.87. The molecule has 78 valence electrons. The van der Waals surface area contributed by atoms with Crippen molar-refractivity contribution in [3.63, 3.8) is 0 Å². The number of ether oxygens (including phenoxy) is 1. The van der Waals surface area contributed by atoms with Gasteiger partial charge in [0, 0.05) is 0 Å². The van der Waals surface area contributed by atoms with Gasteiger partial charge in [-0.3, -0.25) is 5.10 Å². The fourth-order valence-corrected chi connectivity index (χ4v) is 1.35. The quantitative estimate of drug-likeness (QED) is 0.829. The molecule has 0 aliphatic heterocycles. The van der Waals surface area contributed by atoms with Crippen LogP contribution >= 0.6 is 0 Å². The van der Waals surface area contributed by atoms with Crippen LogP contribution in [0.3, 0.4) is 0 Å². The van der Waals surface area contributed by atoms with Crippen LogP contribution in [-0.4, -0.2) is 10.2 Å². The predicted molar refractivity (Wildman–Crippen MR) is 59.2 cm³/mol. The van der Waals surface area contributed by atoms with Crippen LogP contribution in [0.15, 0.2) is 36.7 Å². The molecule has 2 aromatic rings. The van der Waals surface area contributed by atoms with E-state index in [2.05, 4.69) is 36.2 Å². The lowest BCUT2D eigenvalue weighted by Gasteiger charge is -2.06. The molecule has 0 spiro atoms. The van der Waals surface area contributed by atoms with Crippen LogP contribution in [0.5, 0.6) is 11.5 Å². The van der Waals surface area contributed by atoms with Gasteiger partial charge in [0.05, 0.1) is 12.4 Å². The molecule has 3 heteroatoms. The lowest BCUT2D eigenvalue weighted by atomic mass is 10.0. The molecule has 15 heavy (non-hydrogen) atoms. The van der Waals surface area contributed by atoms with Crippen molar-refractivity contribution in [3.05, 3.63) is 42.2 Å². The molecule has 0 saturated heterocycles. The van der Waals surface area contributed by atoms with Gasteiger partial charge in [-0.2, -0.15) is 5.10 Å². The maximum atomic E-state index is 5.56. The van der Waals surface area contributed by atoms with Gasteiger partial charge >= 0.3 is 0 Å². The minimum Gasteiger partial charge on any atom is -0.454 e. The Labute approximate surface area is 89.1 Å². The third-order valence-electron chi connectivity index (χ3n) is 2.26. The number of aromatic nitrogens is 2. The highest BCUT2D eigenvalue weighted by atomic mass is 16.5. The van der Waals surface area contributed by atoms with Gasteiger partial charge < -0.3 is 4.74 Å². The summed E-state index contributed by atoms with van der Waals surface area (Å²) in [5, 5.41) is 6.52. The van der Waals surface area contributed by atoms with E-state index in [0.29, 0.717) is 5.92 Å². The molecule has 0 atom stereocenters. The first-order valence-corrected chi connectivity index (χ1v) is 5.02. The Hall–Kier alpha value is -1.77. The van der Waals surface area contributed by atoms with Crippen molar-refractivity contribution in [3.8, 4) is 11.5 Å². The molecule has 0 saturated carbocycles. The SMILES string of the molecule is CC(C)c1ccc(Oc2cn[nH]c2)cc1. The predicted octanol–water partition coefficient (Wildman–Crippen LogP) is 3.33. The maximum Gasteiger partial charge on any atom is 0.165 e. The van der Waals surface area contributed by atoms with Crippen molar-refractivity contribution in [1.82, 2.24) is 10.2 Å². The number of rotatable bonds is 3. The van der Waals surface area contributed by atoms with Gasteiger partial charge in [-0.05, 0) is 23.6 Å². The highest BCUT2D eigenvalue weighted by Crippen LogP contribution is 2.22. The molecular formula is C12H14N2O. The number of hydrogen-bond donors (Lipinski definition) is 1. The minimum absolute atomic E-state index is 0.549. The Morgan fingerprint density at radius 3 is 2.40 bits per heavy atom. The van der Waals surface area contributed by atoms with Crippen molar-refractivity contribution in [1.29, 1.82) is 0 Å². The molecular weight excluding hydrogens is 188 g/mol. The highest BCUT2D eigenvalue weighted by Gasteiger charge is 2.00. The van der Waals surface area contributed by atoms with E-state index in [1.54, 1.807) is 12.4 Å². The molecule has 3 nitrogen and oxygen atoms in total. The van der Waals surface area contributed by atoms with Crippen LogP contribution in [-0.2, 0) is 0 Å². The number of nitrogens with one attached hydrogen (secondary N) is 1. The summed E-state index contributed by atoms with van der Waals surface area (Å²) in [4.78, 5) is 0. The molecule has 0 radical (unpaired) electrons. The summed E-state index contributed by atoms with van der Waals surface area (Å²) in [5.41, 5.74) is 1.31. The largest absolute Gasteiger partial charge is 0.454 e. The average molecular weight is 202 g/mol. The third kappa shape index (κ3) is 2.37.